The predicted molar refractivity (Wildman–Crippen MR) is 79.1 cm³/mol. The average molecular weight is 388 g/mol. The standard InChI is InChI=1S/C14H11BrFNO4S/c1-22(19,20)14-8(4-5-10(15)11(14)16)12(18)9-6-17-21-13(9)7-2-3-7/h4-7H,2-3H2,1H3. The molecule has 1 saturated carbocycles. The zero-order chi connectivity index (χ0) is 16.1. The van der Waals surface area contributed by atoms with Gasteiger partial charge in [-0.1, -0.05) is 5.16 Å². The molecule has 0 unspecified atom stereocenters. The Morgan fingerprint density at radius 2 is 2.05 bits per heavy atom. The van der Waals surface area contributed by atoms with Crippen molar-refractivity contribution in [2.75, 3.05) is 6.26 Å². The van der Waals surface area contributed by atoms with Crippen LogP contribution < -0.4 is 0 Å². The summed E-state index contributed by atoms with van der Waals surface area (Å²) >= 11 is 2.94. The van der Waals surface area contributed by atoms with Gasteiger partial charge in [0.05, 0.1) is 16.2 Å². The van der Waals surface area contributed by atoms with Gasteiger partial charge in [0.2, 0.25) is 0 Å². The molecule has 1 heterocycles. The first-order valence-corrected chi connectivity index (χ1v) is 9.16. The largest absolute Gasteiger partial charge is 0.360 e. The first-order chi connectivity index (χ1) is 10.3. The van der Waals surface area contributed by atoms with E-state index in [4.69, 9.17) is 4.52 Å². The van der Waals surface area contributed by atoms with Gasteiger partial charge in [0.15, 0.2) is 27.2 Å². The minimum atomic E-state index is -3.92. The van der Waals surface area contributed by atoms with Crippen molar-refractivity contribution < 1.29 is 22.1 Å². The van der Waals surface area contributed by atoms with Gasteiger partial charge in [-0.25, -0.2) is 12.8 Å². The number of carbonyl (C=O) groups is 1. The molecular formula is C14H11BrFNO4S. The molecule has 0 amide bonds. The van der Waals surface area contributed by atoms with Gasteiger partial charge in [0, 0.05) is 17.7 Å². The SMILES string of the molecule is CS(=O)(=O)c1c(C(=O)c2cnoc2C2CC2)ccc(Br)c1F. The lowest BCUT2D eigenvalue weighted by Gasteiger charge is -2.09. The third-order valence-corrected chi connectivity index (χ3v) is 5.21. The van der Waals surface area contributed by atoms with Crippen molar-refractivity contribution >= 4 is 31.6 Å². The van der Waals surface area contributed by atoms with Crippen LogP contribution in [0.25, 0.3) is 0 Å². The number of hydrogen-bond acceptors (Lipinski definition) is 5. The van der Waals surface area contributed by atoms with Crippen molar-refractivity contribution in [1.29, 1.82) is 0 Å². The van der Waals surface area contributed by atoms with Gasteiger partial charge in [-0.2, -0.15) is 0 Å². The van der Waals surface area contributed by atoms with Gasteiger partial charge >= 0.3 is 0 Å². The number of nitrogens with zero attached hydrogens (tertiary/aromatic N) is 1. The number of rotatable bonds is 4. The molecule has 1 fully saturated rings. The van der Waals surface area contributed by atoms with E-state index < -0.39 is 26.3 Å². The van der Waals surface area contributed by atoms with Crippen LogP contribution in [0.4, 0.5) is 4.39 Å². The van der Waals surface area contributed by atoms with E-state index in [9.17, 15) is 17.6 Å². The van der Waals surface area contributed by atoms with Gasteiger partial charge < -0.3 is 4.52 Å². The lowest BCUT2D eigenvalue weighted by atomic mass is 10.0. The summed E-state index contributed by atoms with van der Waals surface area (Å²) < 4.78 is 43.0. The smallest absolute Gasteiger partial charge is 0.199 e. The molecule has 1 aliphatic rings. The number of hydrogen-bond donors (Lipinski definition) is 0. The molecule has 116 valence electrons. The van der Waals surface area contributed by atoms with E-state index in [2.05, 4.69) is 21.1 Å². The van der Waals surface area contributed by atoms with Crippen LogP contribution >= 0.6 is 15.9 Å². The molecule has 0 radical (unpaired) electrons. The Labute approximate surface area is 134 Å². The monoisotopic (exact) mass is 387 g/mol. The van der Waals surface area contributed by atoms with Crippen LogP contribution in [0.1, 0.15) is 40.4 Å². The second-order valence-corrected chi connectivity index (χ2v) is 8.02. The van der Waals surface area contributed by atoms with Crippen molar-refractivity contribution in [3.8, 4) is 0 Å². The lowest BCUT2D eigenvalue weighted by molar-refractivity contribution is 0.103. The van der Waals surface area contributed by atoms with Crippen LogP contribution in [0.15, 0.2) is 32.2 Å². The Bertz CT molecular complexity index is 871. The van der Waals surface area contributed by atoms with Crippen LogP contribution in [0.3, 0.4) is 0 Å². The number of sulfone groups is 1. The minimum Gasteiger partial charge on any atom is -0.360 e. The molecule has 0 saturated heterocycles. The number of ketones is 1. The summed E-state index contributed by atoms with van der Waals surface area (Å²) in [5, 5.41) is 3.61. The van der Waals surface area contributed by atoms with Crippen molar-refractivity contribution in [1.82, 2.24) is 5.16 Å². The molecule has 1 aliphatic carbocycles. The number of carbonyl (C=O) groups excluding carboxylic acids is 1. The average Bonchev–Trinajstić information content (AvgIpc) is 3.17. The maximum Gasteiger partial charge on any atom is 0.199 e. The fourth-order valence-corrected chi connectivity index (χ4v) is 3.73. The summed E-state index contributed by atoms with van der Waals surface area (Å²) in [4.78, 5) is 12.0. The lowest BCUT2D eigenvalue weighted by Crippen LogP contribution is -2.12. The zero-order valence-electron chi connectivity index (χ0n) is 11.5. The van der Waals surface area contributed by atoms with Crippen molar-refractivity contribution in [2.45, 2.75) is 23.7 Å². The highest BCUT2D eigenvalue weighted by molar-refractivity contribution is 9.10. The van der Waals surface area contributed by atoms with E-state index in [1.54, 1.807) is 0 Å². The molecule has 1 aromatic heterocycles. The third-order valence-electron chi connectivity index (χ3n) is 3.46. The van der Waals surface area contributed by atoms with E-state index in [0.717, 1.165) is 19.1 Å². The van der Waals surface area contributed by atoms with Crippen LogP contribution in [0.5, 0.6) is 0 Å². The second-order valence-electron chi connectivity index (χ2n) is 5.22. The summed E-state index contributed by atoms with van der Waals surface area (Å²) in [7, 11) is -3.92. The second kappa shape index (κ2) is 5.27. The highest BCUT2D eigenvalue weighted by Gasteiger charge is 2.34. The summed E-state index contributed by atoms with van der Waals surface area (Å²) in [6, 6.07) is 2.59. The van der Waals surface area contributed by atoms with E-state index in [1.165, 1.54) is 18.3 Å². The molecule has 0 N–H and O–H groups in total. The summed E-state index contributed by atoms with van der Waals surface area (Å²) in [6.45, 7) is 0. The first kappa shape index (κ1) is 15.4. The molecule has 1 aromatic carbocycles. The van der Waals surface area contributed by atoms with Crippen LogP contribution in [0, 0.1) is 5.82 Å². The maximum absolute atomic E-state index is 14.2. The minimum absolute atomic E-state index is 0.0165. The fraction of sp³-hybridized carbons (Fsp3) is 0.286. The molecule has 2 aromatic rings. The molecule has 0 spiro atoms. The Kier molecular flexibility index (Phi) is 3.68. The number of benzene rings is 1. The number of halogens is 2. The molecule has 3 rings (SSSR count). The fourth-order valence-electron chi connectivity index (χ4n) is 2.28. The van der Waals surface area contributed by atoms with E-state index in [1.807, 2.05) is 0 Å². The summed E-state index contributed by atoms with van der Waals surface area (Å²) in [5.74, 6) is -1.01. The summed E-state index contributed by atoms with van der Waals surface area (Å²) in [6.07, 6.45) is 3.90. The van der Waals surface area contributed by atoms with Crippen molar-refractivity contribution in [2.24, 2.45) is 0 Å². The normalized spacial score (nSPS) is 15.0. The number of aromatic nitrogens is 1. The van der Waals surface area contributed by atoms with E-state index in [-0.39, 0.29) is 21.5 Å². The first-order valence-electron chi connectivity index (χ1n) is 6.48. The van der Waals surface area contributed by atoms with E-state index >= 15 is 0 Å². The Hall–Kier alpha value is -1.54. The van der Waals surface area contributed by atoms with Crippen LogP contribution in [0.2, 0.25) is 0 Å². The van der Waals surface area contributed by atoms with Crippen molar-refractivity contribution in [3.63, 3.8) is 0 Å². The van der Waals surface area contributed by atoms with Gasteiger partial charge in [-0.15, -0.1) is 0 Å². The third kappa shape index (κ3) is 2.61. The zero-order valence-corrected chi connectivity index (χ0v) is 13.9. The molecule has 8 heteroatoms. The predicted octanol–water partition coefficient (Wildman–Crippen LogP) is 3.09. The molecule has 0 atom stereocenters. The van der Waals surface area contributed by atoms with E-state index in [0.29, 0.717) is 5.76 Å². The van der Waals surface area contributed by atoms with Crippen LogP contribution in [-0.4, -0.2) is 25.6 Å². The topological polar surface area (TPSA) is 77.2 Å². The molecular weight excluding hydrogens is 377 g/mol. The molecule has 0 bridgehead atoms. The van der Waals surface area contributed by atoms with Gasteiger partial charge in [-0.05, 0) is 40.9 Å². The van der Waals surface area contributed by atoms with Gasteiger partial charge in [0.1, 0.15) is 4.90 Å². The van der Waals surface area contributed by atoms with Crippen molar-refractivity contribution in [3.05, 3.63) is 45.5 Å². The molecule has 5 nitrogen and oxygen atoms in total. The Morgan fingerprint density at radius 1 is 1.36 bits per heavy atom. The highest BCUT2D eigenvalue weighted by Crippen LogP contribution is 2.42. The van der Waals surface area contributed by atoms with Crippen LogP contribution in [-0.2, 0) is 9.84 Å². The highest BCUT2D eigenvalue weighted by atomic mass is 79.9. The Morgan fingerprint density at radius 3 is 2.64 bits per heavy atom. The maximum atomic E-state index is 14.2. The molecule has 0 aliphatic heterocycles. The van der Waals surface area contributed by atoms with Gasteiger partial charge in [-0.3, -0.25) is 4.79 Å². The quantitative estimate of drug-likeness (QED) is 0.753. The van der Waals surface area contributed by atoms with Gasteiger partial charge in [0.25, 0.3) is 0 Å². The summed E-state index contributed by atoms with van der Waals surface area (Å²) in [5.41, 5.74) is -0.0255. The molecule has 22 heavy (non-hydrogen) atoms. The Balaban J connectivity index is 2.18.